The Bertz CT molecular complexity index is 637. The first-order valence-electron chi connectivity index (χ1n) is 9.03. The number of hydrogen-bond donors (Lipinski definition) is 0. The summed E-state index contributed by atoms with van der Waals surface area (Å²) >= 11 is 0. The average Bonchev–Trinajstić information content (AvgIpc) is 3.08. The smallest absolute Gasteiger partial charge is 0.257 e. The molecule has 130 valence electrons. The normalized spacial score (nSPS) is 24.0. The Kier molecular flexibility index (Phi) is 4.01. The summed E-state index contributed by atoms with van der Waals surface area (Å²) in [6, 6.07) is 5.98. The lowest BCUT2D eigenvalue weighted by atomic mass is 9.83. The lowest BCUT2D eigenvalue weighted by molar-refractivity contribution is -0.0171. The van der Waals surface area contributed by atoms with Gasteiger partial charge in [-0.25, -0.2) is 0 Å². The molecule has 5 nitrogen and oxygen atoms in total. The molecule has 1 amide bonds. The van der Waals surface area contributed by atoms with Crippen molar-refractivity contribution in [3.63, 3.8) is 0 Å². The van der Waals surface area contributed by atoms with E-state index in [0.717, 1.165) is 63.3 Å². The van der Waals surface area contributed by atoms with E-state index in [0.29, 0.717) is 6.61 Å². The van der Waals surface area contributed by atoms with Crippen LogP contribution < -0.4 is 4.74 Å². The summed E-state index contributed by atoms with van der Waals surface area (Å²) in [5, 5.41) is 0. The number of nitrogens with zero attached hydrogens (tertiary/aromatic N) is 3. The van der Waals surface area contributed by atoms with Gasteiger partial charge in [0.2, 0.25) is 0 Å². The van der Waals surface area contributed by atoms with Crippen LogP contribution in [0.1, 0.15) is 28.8 Å². The average molecular weight is 329 g/mol. The highest BCUT2D eigenvalue weighted by Crippen LogP contribution is 2.34. The Labute approximate surface area is 144 Å². The summed E-state index contributed by atoms with van der Waals surface area (Å²) < 4.78 is 5.75. The van der Waals surface area contributed by atoms with Crippen molar-refractivity contribution in [2.75, 3.05) is 53.4 Å². The van der Waals surface area contributed by atoms with Crippen molar-refractivity contribution in [2.24, 2.45) is 0 Å². The molecule has 1 aromatic carbocycles. The number of piperidine rings is 1. The fourth-order valence-electron chi connectivity index (χ4n) is 4.36. The van der Waals surface area contributed by atoms with Crippen molar-refractivity contribution < 1.29 is 9.53 Å². The number of ether oxygens (including phenoxy) is 1. The second-order valence-corrected chi connectivity index (χ2v) is 7.57. The Morgan fingerprint density at radius 1 is 1.12 bits per heavy atom. The number of rotatable bonds is 1. The molecule has 0 atom stereocenters. The number of piperazine rings is 1. The summed E-state index contributed by atoms with van der Waals surface area (Å²) in [6.07, 6.45) is 3.18. The van der Waals surface area contributed by atoms with E-state index in [1.54, 1.807) is 0 Å². The third-order valence-electron chi connectivity index (χ3n) is 6.15. The predicted molar refractivity (Wildman–Crippen MR) is 93.6 cm³/mol. The van der Waals surface area contributed by atoms with Gasteiger partial charge in [-0.3, -0.25) is 9.69 Å². The fraction of sp³-hybridized carbons (Fsp3) is 0.632. The first kappa shape index (κ1) is 15.9. The van der Waals surface area contributed by atoms with Gasteiger partial charge in [0, 0.05) is 31.6 Å². The van der Waals surface area contributed by atoms with Gasteiger partial charge >= 0.3 is 0 Å². The Morgan fingerprint density at radius 2 is 1.92 bits per heavy atom. The van der Waals surface area contributed by atoms with Gasteiger partial charge in [-0.1, -0.05) is 12.1 Å². The Morgan fingerprint density at radius 3 is 2.71 bits per heavy atom. The van der Waals surface area contributed by atoms with Crippen LogP contribution in [0.15, 0.2) is 18.2 Å². The predicted octanol–water partition coefficient (Wildman–Crippen LogP) is 1.47. The van der Waals surface area contributed by atoms with Crippen molar-refractivity contribution in [1.29, 1.82) is 0 Å². The molecule has 0 radical (unpaired) electrons. The topological polar surface area (TPSA) is 36.0 Å². The molecule has 4 rings (SSSR count). The van der Waals surface area contributed by atoms with Crippen LogP contribution in [0.5, 0.6) is 5.75 Å². The minimum atomic E-state index is 0.138. The summed E-state index contributed by atoms with van der Waals surface area (Å²) in [5.41, 5.74) is 2.06. The molecule has 1 spiro atoms. The molecule has 0 bridgehead atoms. The molecule has 3 aliphatic rings. The van der Waals surface area contributed by atoms with E-state index in [1.165, 1.54) is 5.56 Å². The zero-order valence-electron chi connectivity index (χ0n) is 14.8. The Balaban J connectivity index is 1.56. The number of carbonyl (C=O) groups is 1. The molecule has 0 aliphatic carbocycles. The summed E-state index contributed by atoms with van der Waals surface area (Å²) in [4.78, 5) is 20.1. The maximum Gasteiger partial charge on any atom is 0.257 e. The Hall–Kier alpha value is -1.59. The van der Waals surface area contributed by atoms with Gasteiger partial charge in [-0.2, -0.15) is 0 Å². The molecule has 0 N–H and O–H groups in total. The molecule has 0 aromatic heterocycles. The van der Waals surface area contributed by atoms with Gasteiger partial charge in [0.25, 0.3) is 5.91 Å². The highest BCUT2D eigenvalue weighted by atomic mass is 16.5. The highest BCUT2D eigenvalue weighted by molar-refractivity contribution is 5.97. The van der Waals surface area contributed by atoms with Crippen LogP contribution in [0.2, 0.25) is 0 Å². The van der Waals surface area contributed by atoms with Crippen molar-refractivity contribution in [1.82, 2.24) is 14.7 Å². The van der Waals surface area contributed by atoms with E-state index >= 15 is 0 Å². The minimum Gasteiger partial charge on any atom is -0.492 e. The van der Waals surface area contributed by atoms with Gasteiger partial charge in [0.1, 0.15) is 5.75 Å². The first-order valence-corrected chi connectivity index (χ1v) is 9.03. The summed E-state index contributed by atoms with van der Waals surface area (Å²) in [5.74, 6) is 0.957. The second-order valence-electron chi connectivity index (χ2n) is 7.57. The first-order chi connectivity index (χ1) is 11.6. The number of likely N-dealkylation sites (tertiary alicyclic amines) is 1. The summed E-state index contributed by atoms with van der Waals surface area (Å²) in [6.45, 7) is 5.49. The lowest BCUT2D eigenvalue weighted by Crippen LogP contribution is -2.65. The standard InChI is InChI=1S/C19H27N3O2/c1-20-9-7-19(8-10-20)14-22(12-11-21(19)2)18(23)16-5-3-4-15-6-13-24-17(15)16/h3-5H,6-14H2,1-2H3. The molecule has 2 saturated heterocycles. The van der Waals surface area contributed by atoms with Crippen LogP contribution in [0.3, 0.4) is 0 Å². The third-order valence-corrected chi connectivity index (χ3v) is 6.15. The molecule has 2 fully saturated rings. The molecular weight excluding hydrogens is 302 g/mol. The summed E-state index contributed by atoms with van der Waals surface area (Å²) in [7, 11) is 4.40. The number of hydrogen-bond acceptors (Lipinski definition) is 4. The van der Waals surface area contributed by atoms with Crippen LogP contribution in [-0.4, -0.2) is 79.6 Å². The van der Waals surface area contributed by atoms with E-state index < -0.39 is 0 Å². The fourth-order valence-corrected chi connectivity index (χ4v) is 4.36. The van der Waals surface area contributed by atoms with Crippen molar-refractivity contribution in [3.8, 4) is 5.75 Å². The largest absolute Gasteiger partial charge is 0.492 e. The van der Waals surface area contributed by atoms with Crippen molar-refractivity contribution in [3.05, 3.63) is 29.3 Å². The van der Waals surface area contributed by atoms with Crippen LogP contribution >= 0.6 is 0 Å². The molecule has 5 heteroatoms. The van der Waals surface area contributed by atoms with Crippen LogP contribution in [-0.2, 0) is 6.42 Å². The SMILES string of the molecule is CN1CCC2(CC1)CN(C(=O)c1cccc3c1OCC3)CCN2C. The third kappa shape index (κ3) is 2.60. The number of amides is 1. The van der Waals surface area contributed by atoms with Gasteiger partial charge < -0.3 is 14.5 Å². The minimum absolute atomic E-state index is 0.138. The zero-order chi connectivity index (χ0) is 16.7. The monoisotopic (exact) mass is 329 g/mol. The molecular formula is C19H27N3O2. The number of likely N-dealkylation sites (N-methyl/N-ethyl adjacent to an activating group) is 1. The van der Waals surface area contributed by atoms with Crippen molar-refractivity contribution in [2.45, 2.75) is 24.8 Å². The second kappa shape index (κ2) is 6.05. The van der Waals surface area contributed by atoms with E-state index in [2.05, 4.69) is 34.9 Å². The van der Waals surface area contributed by atoms with Crippen LogP contribution in [0.4, 0.5) is 0 Å². The van der Waals surface area contributed by atoms with Gasteiger partial charge in [-0.15, -0.1) is 0 Å². The molecule has 24 heavy (non-hydrogen) atoms. The van der Waals surface area contributed by atoms with E-state index in [9.17, 15) is 4.79 Å². The van der Waals surface area contributed by atoms with E-state index in [1.807, 2.05) is 12.1 Å². The molecule has 3 heterocycles. The van der Waals surface area contributed by atoms with Crippen molar-refractivity contribution >= 4 is 5.91 Å². The molecule has 0 saturated carbocycles. The number of benzene rings is 1. The van der Waals surface area contributed by atoms with Crippen LogP contribution in [0.25, 0.3) is 0 Å². The van der Waals surface area contributed by atoms with Gasteiger partial charge in [-0.05, 0) is 51.7 Å². The quantitative estimate of drug-likeness (QED) is 0.782. The number of carbonyl (C=O) groups excluding carboxylic acids is 1. The maximum absolute atomic E-state index is 13.2. The van der Waals surface area contributed by atoms with Crippen LogP contribution in [0, 0.1) is 0 Å². The number of para-hydroxylation sites is 1. The highest BCUT2D eigenvalue weighted by Gasteiger charge is 2.43. The van der Waals surface area contributed by atoms with E-state index in [4.69, 9.17) is 4.74 Å². The zero-order valence-corrected chi connectivity index (χ0v) is 14.8. The van der Waals surface area contributed by atoms with E-state index in [-0.39, 0.29) is 11.4 Å². The number of fused-ring (bicyclic) bond motifs is 1. The van der Waals surface area contributed by atoms with Gasteiger partial charge in [0.05, 0.1) is 12.2 Å². The maximum atomic E-state index is 13.2. The molecule has 3 aliphatic heterocycles. The van der Waals surface area contributed by atoms with Gasteiger partial charge in [0.15, 0.2) is 0 Å². The lowest BCUT2D eigenvalue weighted by Gasteiger charge is -2.52. The molecule has 0 unspecified atom stereocenters. The molecule has 1 aromatic rings.